The second-order valence-corrected chi connectivity index (χ2v) is 4.05. The fourth-order valence-corrected chi connectivity index (χ4v) is 1.77. The number of hydrogen-bond donors (Lipinski definition) is 2. The summed E-state index contributed by atoms with van der Waals surface area (Å²) in [5.74, 6) is 0.0812. The number of aryl methyl sites for hydroxylation is 2. The molecule has 0 spiro atoms. The molecule has 94 valence electrons. The van der Waals surface area contributed by atoms with Crippen LogP contribution in [0.15, 0.2) is 35.7 Å². The highest BCUT2D eigenvalue weighted by Gasteiger charge is 2.14. The summed E-state index contributed by atoms with van der Waals surface area (Å²) in [7, 11) is 0. The van der Waals surface area contributed by atoms with E-state index in [9.17, 15) is 10.3 Å². The maximum absolute atomic E-state index is 9.84. The van der Waals surface area contributed by atoms with Gasteiger partial charge in [-0.1, -0.05) is 16.8 Å². The third-order valence-electron chi connectivity index (χ3n) is 2.74. The Hall–Kier alpha value is -2.30. The third kappa shape index (κ3) is 2.20. The van der Waals surface area contributed by atoms with Crippen molar-refractivity contribution in [1.82, 2.24) is 9.78 Å². The van der Waals surface area contributed by atoms with Gasteiger partial charge in [0.15, 0.2) is 0 Å². The van der Waals surface area contributed by atoms with Crippen molar-refractivity contribution in [3.63, 3.8) is 0 Å². The van der Waals surface area contributed by atoms with Gasteiger partial charge in [0, 0.05) is 23.9 Å². The molecule has 2 aromatic rings. The molecule has 0 amide bonds. The van der Waals surface area contributed by atoms with Crippen LogP contribution >= 0.6 is 0 Å². The predicted molar refractivity (Wildman–Crippen MR) is 68.2 cm³/mol. The highest BCUT2D eigenvalue weighted by atomic mass is 16.4. The molecule has 5 nitrogen and oxygen atoms in total. The van der Waals surface area contributed by atoms with Crippen LogP contribution in [0.3, 0.4) is 0 Å². The first-order valence-corrected chi connectivity index (χ1v) is 5.70. The molecule has 2 rings (SSSR count). The summed E-state index contributed by atoms with van der Waals surface area (Å²) >= 11 is 0. The molecule has 0 aliphatic rings. The Balaban J connectivity index is 2.49. The van der Waals surface area contributed by atoms with Crippen molar-refractivity contribution in [1.29, 1.82) is 0 Å². The minimum Gasteiger partial charge on any atom is -0.507 e. The van der Waals surface area contributed by atoms with Crippen molar-refractivity contribution in [3.8, 4) is 5.75 Å². The van der Waals surface area contributed by atoms with Crippen molar-refractivity contribution >= 4 is 5.71 Å². The van der Waals surface area contributed by atoms with E-state index in [1.165, 1.54) is 0 Å². The van der Waals surface area contributed by atoms with Crippen LogP contribution in [0.5, 0.6) is 5.75 Å². The lowest BCUT2D eigenvalue weighted by molar-refractivity contribution is 0.319. The Labute approximate surface area is 105 Å². The third-order valence-corrected chi connectivity index (χ3v) is 2.74. The molecule has 0 aliphatic carbocycles. The van der Waals surface area contributed by atoms with E-state index in [-0.39, 0.29) is 5.75 Å². The van der Waals surface area contributed by atoms with Crippen LogP contribution in [-0.4, -0.2) is 25.8 Å². The zero-order chi connectivity index (χ0) is 13.1. The SMILES string of the molecule is CCn1cc(C(=NO)c2cc(C)ccc2O)cn1. The standard InChI is InChI=1S/C13H15N3O2/c1-3-16-8-10(7-14-16)13(15-18)11-6-9(2)4-5-12(11)17/h4-8,17-18H,3H2,1-2H3. The molecule has 0 radical (unpaired) electrons. The van der Waals surface area contributed by atoms with E-state index >= 15 is 0 Å². The zero-order valence-electron chi connectivity index (χ0n) is 10.3. The lowest BCUT2D eigenvalue weighted by atomic mass is 10.0. The van der Waals surface area contributed by atoms with Crippen molar-refractivity contribution in [2.75, 3.05) is 0 Å². The molecule has 1 aromatic carbocycles. The molecule has 0 unspecified atom stereocenters. The van der Waals surface area contributed by atoms with E-state index in [4.69, 9.17) is 0 Å². The number of hydrogen-bond acceptors (Lipinski definition) is 4. The summed E-state index contributed by atoms with van der Waals surface area (Å²) < 4.78 is 1.73. The summed E-state index contributed by atoms with van der Waals surface area (Å²) in [6.07, 6.45) is 3.39. The average Bonchev–Trinajstić information content (AvgIpc) is 2.83. The van der Waals surface area contributed by atoms with E-state index in [2.05, 4.69) is 10.3 Å². The normalized spacial score (nSPS) is 11.8. The number of phenolic OH excluding ortho intramolecular Hbond substituents is 1. The van der Waals surface area contributed by atoms with Crippen LogP contribution in [0.1, 0.15) is 23.6 Å². The van der Waals surface area contributed by atoms with Crippen LogP contribution in [0.2, 0.25) is 0 Å². The first-order chi connectivity index (χ1) is 8.65. The molecule has 0 fully saturated rings. The summed E-state index contributed by atoms with van der Waals surface area (Å²) in [5, 5.41) is 26.4. The van der Waals surface area contributed by atoms with Gasteiger partial charge in [0.25, 0.3) is 0 Å². The van der Waals surface area contributed by atoms with Gasteiger partial charge in [-0.05, 0) is 26.0 Å². The first-order valence-electron chi connectivity index (χ1n) is 5.70. The Kier molecular flexibility index (Phi) is 3.32. The van der Waals surface area contributed by atoms with Crippen molar-refractivity contribution in [2.45, 2.75) is 20.4 Å². The number of rotatable bonds is 3. The second kappa shape index (κ2) is 4.91. The molecule has 0 saturated heterocycles. The van der Waals surface area contributed by atoms with Gasteiger partial charge in [-0.15, -0.1) is 0 Å². The zero-order valence-corrected chi connectivity index (χ0v) is 10.3. The number of phenols is 1. The Bertz CT molecular complexity index is 588. The number of aromatic hydroxyl groups is 1. The molecular weight excluding hydrogens is 230 g/mol. The number of nitrogens with zero attached hydrogens (tertiary/aromatic N) is 3. The Morgan fingerprint density at radius 3 is 2.83 bits per heavy atom. The molecule has 0 aliphatic heterocycles. The van der Waals surface area contributed by atoms with Crippen LogP contribution < -0.4 is 0 Å². The van der Waals surface area contributed by atoms with Crippen LogP contribution in [0.25, 0.3) is 0 Å². The van der Waals surface area contributed by atoms with Crippen molar-refractivity contribution in [3.05, 3.63) is 47.3 Å². The van der Waals surface area contributed by atoms with E-state index in [1.54, 1.807) is 35.3 Å². The lowest BCUT2D eigenvalue weighted by Gasteiger charge is -2.06. The minimum atomic E-state index is 0.0812. The molecule has 0 atom stereocenters. The van der Waals surface area contributed by atoms with Gasteiger partial charge < -0.3 is 10.3 Å². The molecule has 0 bridgehead atoms. The number of oxime groups is 1. The van der Waals surface area contributed by atoms with E-state index in [0.717, 1.165) is 12.1 Å². The number of benzene rings is 1. The highest BCUT2D eigenvalue weighted by Crippen LogP contribution is 2.22. The molecule has 1 aromatic heterocycles. The average molecular weight is 245 g/mol. The summed E-state index contributed by atoms with van der Waals surface area (Å²) in [5.41, 5.74) is 2.45. The van der Waals surface area contributed by atoms with Gasteiger partial charge in [-0.3, -0.25) is 4.68 Å². The molecular formula is C13H15N3O2. The molecule has 0 saturated carbocycles. The summed E-state index contributed by atoms with van der Waals surface area (Å²) in [6.45, 7) is 4.61. The van der Waals surface area contributed by atoms with Crippen LogP contribution in [-0.2, 0) is 6.54 Å². The smallest absolute Gasteiger partial charge is 0.125 e. The largest absolute Gasteiger partial charge is 0.507 e. The maximum atomic E-state index is 9.84. The molecule has 5 heteroatoms. The lowest BCUT2D eigenvalue weighted by Crippen LogP contribution is -2.03. The van der Waals surface area contributed by atoms with Gasteiger partial charge >= 0.3 is 0 Å². The quantitative estimate of drug-likeness (QED) is 0.494. The topological polar surface area (TPSA) is 70.6 Å². The number of aromatic nitrogens is 2. The van der Waals surface area contributed by atoms with Gasteiger partial charge in [0.2, 0.25) is 0 Å². The summed E-state index contributed by atoms with van der Waals surface area (Å²) in [6, 6.07) is 5.15. The monoisotopic (exact) mass is 245 g/mol. The van der Waals surface area contributed by atoms with Gasteiger partial charge in [-0.25, -0.2) is 0 Å². The van der Waals surface area contributed by atoms with Gasteiger partial charge in [0.05, 0.1) is 6.20 Å². The van der Waals surface area contributed by atoms with Crippen molar-refractivity contribution in [2.24, 2.45) is 5.16 Å². The van der Waals surface area contributed by atoms with Crippen LogP contribution in [0, 0.1) is 6.92 Å². The molecule has 1 heterocycles. The fraction of sp³-hybridized carbons (Fsp3) is 0.231. The summed E-state index contributed by atoms with van der Waals surface area (Å²) in [4.78, 5) is 0. The van der Waals surface area contributed by atoms with E-state index in [1.807, 2.05) is 13.8 Å². The Morgan fingerprint density at radius 1 is 1.44 bits per heavy atom. The van der Waals surface area contributed by atoms with Crippen molar-refractivity contribution < 1.29 is 10.3 Å². The molecule has 2 N–H and O–H groups in total. The minimum absolute atomic E-state index is 0.0812. The van der Waals surface area contributed by atoms with E-state index in [0.29, 0.717) is 16.8 Å². The fourth-order valence-electron chi connectivity index (χ4n) is 1.77. The Morgan fingerprint density at radius 2 is 2.22 bits per heavy atom. The first kappa shape index (κ1) is 12.2. The van der Waals surface area contributed by atoms with Gasteiger partial charge in [0.1, 0.15) is 11.5 Å². The predicted octanol–water partition coefficient (Wildman–Crippen LogP) is 2.14. The highest BCUT2D eigenvalue weighted by molar-refractivity contribution is 6.13. The van der Waals surface area contributed by atoms with Crippen LogP contribution in [0.4, 0.5) is 0 Å². The maximum Gasteiger partial charge on any atom is 0.125 e. The van der Waals surface area contributed by atoms with Gasteiger partial charge in [-0.2, -0.15) is 5.10 Å². The molecule has 18 heavy (non-hydrogen) atoms. The second-order valence-electron chi connectivity index (χ2n) is 4.05. The van der Waals surface area contributed by atoms with E-state index < -0.39 is 0 Å².